The molecule has 0 aliphatic rings. The summed E-state index contributed by atoms with van der Waals surface area (Å²) in [5, 5.41) is 12.9. The lowest BCUT2D eigenvalue weighted by molar-refractivity contribution is 0.0690. The third-order valence-electron chi connectivity index (χ3n) is 2.41. The highest BCUT2D eigenvalue weighted by atomic mass is 32.1. The third-order valence-corrected chi connectivity index (χ3v) is 3.14. The van der Waals surface area contributed by atoms with Gasteiger partial charge in [-0.05, 0) is 34.5 Å². The van der Waals surface area contributed by atoms with Crippen LogP contribution in [0.15, 0.2) is 35.2 Å². The molecule has 0 amide bonds. The minimum Gasteiger partial charge on any atom is -0.477 e. The average molecular weight is 248 g/mol. The van der Waals surface area contributed by atoms with Crippen molar-refractivity contribution >= 4 is 23.0 Å². The van der Waals surface area contributed by atoms with Crippen LogP contribution in [0.1, 0.15) is 16.1 Å². The summed E-state index contributed by atoms with van der Waals surface area (Å²) in [6.45, 7) is 0.789. The summed E-state index contributed by atoms with van der Waals surface area (Å²) < 4.78 is 0. The Morgan fingerprint density at radius 1 is 1.47 bits per heavy atom. The van der Waals surface area contributed by atoms with Crippen molar-refractivity contribution in [1.29, 1.82) is 0 Å². The zero-order valence-corrected chi connectivity index (χ0v) is 10.1. The van der Waals surface area contributed by atoms with Crippen LogP contribution >= 0.6 is 11.3 Å². The fourth-order valence-corrected chi connectivity index (χ4v) is 2.15. The van der Waals surface area contributed by atoms with Gasteiger partial charge in [-0.3, -0.25) is 0 Å². The number of hydrogen-bond acceptors (Lipinski definition) is 4. The van der Waals surface area contributed by atoms with Gasteiger partial charge in [0.1, 0.15) is 5.69 Å². The molecular formula is C12H12N2O2S. The Kier molecular flexibility index (Phi) is 3.39. The molecule has 0 aliphatic carbocycles. The third kappa shape index (κ3) is 2.82. The van der Waals surface area contributed by atoms with Gasteiger partial charge in [0.05, 0.1) is 11.9 Å². The first-order chi connectivity index (χ1) is 8.16. The summed E-state index contributed by atoms with van der Waals surface area (Å²) in [4.78, 5) is 16.6. The standard InChI is InChI=1S/C12H12N2O2S/c1-14(7-9-4-5-17-8-9)10-2-3-11(12(15)16)13-6-10/h2-6,8H,7H2,1H3,(H,15,16). The maximum atomic E-state index is 10.7. The summed E-state index contributed by atoms with van der Waals surface area (Å²) in [6, 6.07) is 5.35. The molecule has 0 aromatic carbocycles. The molecule has 2 rings (SSSR count). The van der Waals surface area contributed by atoms with Crippen LogP contribution in [0.4, 0.5) is 5.69 Å². The molecule has 0 unspecified atom stereocenters. The summed E-state index contributed by atoms with van der Waals surface area (Å²) >= 11 is 1.66. The Hall–Kier alpha value is -1.88. The largest absolute Gasteiger partial charge is 0.477 e. The van der Waals surface area contributed by atoms with E-state index in [2.05, 4.69) is 16.4 Å². The predicted molar refractivity (Wildman–Crippen MR) is 67.6 cm³/mol. The number of aromatic carboxylic acids is 1. The van der Waals surface area contributed by atoms with E-state index in [0.717, 1.165) is 12.2 Å². The molecule has 0 atom stereocenters. The lowest BCUT2D eigenvalue weighted by atomic mass is 10.3. The predicted octanol–water partition coefficient (Wildman–Crippen LogP) is 2.48. The number of carboxylic acid groups (broad SMARTS) is 1. The van der Waals surface area contributed by atoms with Crippen LogP contribution in [0.25, 0.3) is 0 Å². The molecule has 5 heteroatoms. The number of carbonyl (C=O) groups is 1. The highest BCUT2D eigenvalue weighted by molar-refractivity contribution is 7.07. The molecule has 17 heavy (non-hydrogen) atoms. The highest BCUT2D eigenvalue weighted by Gasteiger charge is 2.06. The molecule has 88 valence electrons. The van der Waals surface area contributed by atoms with Gasteiger partial charge in [0.25, 0.3) is 0 Å². The van der Waals surface area contributed by atoms with Gasteiger partial charge in [-0.1, -0.05) is 0 Å². The molecule has 1 N–H and O–H groups in total. The fourth-order valence-electron chi connectivity index (χ4n) is 1.49. The molecule has 2 aromatic heterocycles. The van der Waals surface area contributed by atoms with E-state index in [1.807, 2.05) is 17.3 Å². The molecule has 0 spiro atoms. The normalized spacial score (nSPS) is 10.2. The van der Waals surface area contributed by atoms with Gasteiger partial charge in [0, 0.05) is 13.6 Å². The number of anilines is 1. The maximum Gasteiger partial charge on any atom is 0.354 e. The minimum absolute atomic E-state index is 0.0673. The van der Waals surface area contributed by atoms with Crippen LogP contribution in [0.3, 0.4) is 0 Å². The number of rotatable bonds is 4. The van der Waals surface area contributed by atoms with Crippen molar-refractivity contribution in [3.63, 3.8) is 0 Å². The molecule has 0 fully saturated rings. The first-order valence-corrected chi connectivity index (χ1v) is 6.02. The van der Waals surface area contributed by atoms with Gasteiger partial charge < -0.3 is 10.0 Å². The minimum atomic E-state index is -1.00. The van der Waals surface area contributed by atoms with Crippen LogP contribution in [-0.4, -0.2) is 23.1 Å². The first kappa shape index (κ1) is 11.6. The van der Waals surface area contributed by atoms with Crippen LogP contribution in [0, 0.1) is 0 Å². The molecule has 2 aromatic rings. The van der Waals surface area contributed by atoms with E-state index >= 15 is 0 Å². The van der Waals surface area contributed by atoms with Gasteiger partial charge in [-0.15, -0.1) is 0 Å². The van der Waals surface area contributed by atoms with E-state index in [4.69, 9.17) is 5.11 Å². The number of nitrogens with zero attached hydrogens (tertiary/aromatic N) is 2. The number of thiophene rings is 1. The van der Waals surface area contributed by atoms with Gasteiger partial charge >= 0.3 is 5.97 Å². The molecule has 0 aliphatic heterocycles. The summed E-state index contributed by atoms with van der Waals surface area (Å²) in [5.74, 6) is -1.00. The second-order valence-corrected chi connectivity index (χ2v) is 4.47. The van der Waals surface area contributed by atoms with Crippen LogP contribution in [-0.2, 0) is 6.54 Å². The quantitative estimate of drug-likeness (QED) is 0.903. The highest BCUT2D eigenvalue weighted by Crippen LogP contribution is 2.16. The van der Waals surface area contributed by atoms with Crippen LogP contribution in [0.5, 0.6) is 0 Å². The van der Waals surface area contributed by atoms with Crippen molar-refractivity contribution < 1.29 is 9.90 Å². The topological polar surface area (TPSA) is 53.4 Å². The Morgan fingerprint density at radius 3 is 2.82 bits per heavy atom. The number of carboxylic acids is 1. The molecule has 0 radical (unpaired) electrons. The molecule has 2 heterocycles. The molecular weight excluding hydrogens is 236 g/mol. The van der Waals surface area contributed by atoms with E-state index in [-0.39, 0.29) is 5.69 Å². The Morgan fingerprint density at radius 2 is 2.29 bits per heavy atom. The fraction of sp³-hybridized carbons (Fsp3) is 0.167. The van der Waals surface area contributed by atoms with Crippen molar-refractivity contribution in [2.75, 3.05) is 11.9 Å². The zero-order valence-electron chi connectivity index (χ0n) is 9.33. The summed E-state index contributed by atoms with van der Waals surface area (Å²) in [5.41, 5.74) is 2.21. The smallest absolute Gasteiger partial charge is 0.354 e. The van der Waals surface area contributed by atoms with E-state index in [9.17, 15) is 4.79 Å². The summed E-state index contributed by atoms with van der Waals surface area (Å²) in [7, 11) is 1.95. The zero-order chi connectivity index (χ0) is 12.3. The second-order valence-electron chi connectivity index (χ2n) is 3.69. The van der Waals surface area contributed by atoms with E-state index in [0.29, 0.717) is 0 Å². The van der Waals surface area contributed by atoms with Crippen molar-refractivity contribution in [3.8, 4) is 0 Å². The van der Waals surface area contributed by atoms with E-state index in [1.165, 1.54) is 11.6 Å². The molecule has 0 bridgehead atoms. The number of aromatic nitrogens is 1. The summed E-state index contributed by atoms with van der Waals surface area (Å²) in [6.07, 6.45) is 1.58. The molecule has 0 saturated carbocycles. The van der Waals surface area contributed by atoms with Gasteiger partial charge in [0.2, 0.25) is 0 Å². The van der Waals surface area contributed by atoms with Gasteiger partial charge in [-0.25, -0.2) is 9.78 Å². The lowest BCUT2D eigenvalue weighted by Crippen LogP contribution is -2.16. The Bertz CT molecular complexity index is 494. The lowest BCUT2D eigenvalue weighted by Gasteiger charge is -2.18. The SMILES string of the molecule is CN(Cc1ccsc1)c1ccc(C(=O)O)nc1. The number of pyridine rings is 1. The average Bonchev–Trinajstić information content (AvgIpc) is 2.82. The molecule has 0 saturated heterocycles. The number of hydrogen-bond donors (Lipinski definition) is 1. The van der Waals surface area contributed by atoms with Crippen LogP contribution < -0.4 is 4.90 Å². The molecule has 4 nitrogen and oxygen atoms in total. The van der Waals surface area contributed by atoms with Crippen molar-refractivity contribution in [1.82, 2.24) is 4.98 Å². The van der Waals surface area contributed by atoms with E-state index < -0.39 is 5.97 Å². The monoisotopic (exact) mass is 248 g/mol. The van der Waals surface area contributed by atoms with Gasteiger partial charge in [-0.2, -0.15) is 11.3 Å². The van der Waals surface area contributed by atoms with Crippen molar-refractivity contribution in [2.24, 2.45) is 0 Å². The first-order valence-electron chi connectivity index (χ1n) is 5.08. The Labute approximate surface area is 103 Å². The maximum absolute atomic E-state index is 10.7. The van der Waals surface area contributed by atoms with E-state index in [1.54, 1.807) is 23.6 Å². The van der Waals surface area contributed by atoms with Crippen molar-refractivity contribution in [3.05, 3.63) is 46.4 Å². The Balaban J connectivity index is 2.09. The second kappa shape index (κ2) is 4.97. The van der Waals surface area contributed by atoms with Crippen LogP contribution in [0.2, 0.25) is 0 Å². The van der Waals surface area contributed by atoms with Crippen molar-refractivity contribution in [2.45, 2.75) is 6.54 Å². The van der Waals surface area contributed by atoms with Gasteiger partial charge in [0.15, 0.2) is 0 Å².